The molecule has 1 aliphatic heterocycles. The molecule has 2 aromatic heterocycles. The fourth-order valence-corrected chi connectivity index (χ4v) is 8.25. The van der Waals surface area contributed by atoms with Crippen molar-refractivity contribution in [1.82, 2.24) is 14.9 Å². The van der Waals surface area contributed by atoms with E-state index in [1.54, 1.807) is 0 Å². The van der Waals surface area contributed by atoms with Gasteiger partial charge in [-0.3, -0.25) is 0 Å². The quantitative estimate of drug-likeness (QED) is 0.200. The molecule has 236 valence electrons. The molecule has 3 heteroatoms. The Kier molecular flexibility index (Phi) is 6.11. The van der Waals surface area contributed by atoms with Crippen molar-refractivity contribution in [3.63, 3.8) is 0 Å². The largest absolute Gasteiger partial charge is 0.368 e. The van der Waals surface area contributed by atoms with Crippen LogP contribution in [0.4, 0.5) is 0 Å². The van der Waals surface area contributed by atoms with Crippen LogP contribution in [0.15, 0.2) is 133 Å². The van der Waals surface area contributed by atoms with Crippen LogP contribution in [0, 0.1) is 13.8 Å². The second kappa shape index (κ2) is 10.6. The van der Waals surface area contributed by atoms with E-state index in [2.05, 4.69) is 163 Å². The summed E-state index contributed by atoms with van der Waals surface area (Å²) in [7, 11) is 0. The molecule has 8 aromatic rings. The third kappa shape index (κ3) is 4.49. The number of nitrogens with zero attached hydrogens (tertiary/aromatic N) is 1. The van der Waals surface area contributed by atoms with Crippen LogP contribution in [0.25, 0.3) is 77.0 Å². The molecule has 10 rings (SSSR count). The zero-order valence-corrected chi connectivity index (χ0v) is 28.1. The van der Waals surface area contributed by atoms with Crippen molar-refractivity contribution < 1.29 is 0 Å². The minimum Gasteiger partial charge on any atom is -0.368 e. The Morgan fingerprint density at radius 2 is 1.10 bits per heavy atom. The third-order valence-electron chi connectivity index (χ3n) is 10.9. The number of aromatic amines is 1. The molecule has 1 aliphatic carbocycles. The highest BCUT2D eigenvalue weighted by atomic mass is 15.2. The van der Waals surface area contributed by atoms with E-state index in [9.17, 15) is 0 Å². The van der Waals surface area contributed by atoms with E-state index in [4.69, 9.17) is 0 Å². The molecule has 1 atom stereocenters. The molecule has 0 bridgehead atoms. The summed E-state index contributed by atoms with van der Waals surface area (Å²) in [6.45, 7) is 6.47. The van der Waals surface area contributed by atoms with Crippen LogP contribution in [0.2, 0.25) is 0 Å². The highest BCUT2D eigenvalue weighted by Gasteiger charge is 2.24. The Morgan fingerprint density at radius 3 is 1.80 bits per heavy atom. The molecule has 3 nitrogen and oxygen atoms in total. The molecule has 6 aromatic carbocycles. The first-order valence-corrected chi connectivity index (χ1v) is 17.4. The van der Waals surface area contributed by atoms with Gasteiger partial charge in [-0.25, -0.2) is 0 Å². The van der Waals surface area contributed by atoms with Crippen molar-refractivity contribution in [3.05, 3.63) is 155 Å². The number of allylic oxidation sites excluding steroid dienone is 2. The number of aryl methyl sites for hydroxylation is 4. The van der Waals surface area contributed by atoms with Crippen LogP contribution >= 0.6 is 0 Å². The number of rotatable bonds is 3. The summed E-state index contributed by atoms with van der Waals surface area (Å²) in [5.41, 5.74) is 19.3. The molecule has 0 radical (unpaired) electrons. The summed E-state index contributed by atoms with van der Waals surface area (Å²) in [6, 6.07) is 41.4. The summed E-state index contributed by atoms with van der Waals surface area (Å²) < 4.78 is 2.50. The summed E-state index contributed by atoms with van der Waals surface area (Å²) in [5, 5.41) is 8.88. The van der Waals surface area contributed by atoms with Gasteiger partial charge in [0.2, 0.25) is 0 Å². The zero-order chi connectivity index (χ0) is 32.8. The van der Waals surface area contributed by atoms with Gasteiger partial charge in [0.1, 0.15) is 6.17 Å². The maximum Gasteiger partial charge on any atom is 0.123 e. The lowest BCUT2D eigenvalue weighted by Gasteiger charge is -2.24. The number of H-pyrrole nitrogens is 1. The van der Waals surface area contributed by atoms with Gasteiger partial charge >= 0.3 is 0 Å². The fourth-order valence-electron chi connectivity index (χ4n) is 8.25. The standard InChI is InChI=1S/C46H37N3/c1-27-4-8-30(9-5-27)32-14-16-42-38(21-32)39-23-34-12-13-35-24-41-40-22-33(31-10-6-28(2)7-11-31)15-17-44(40)49(46-20-29(3)18-19-47-46)45(41)26-37(35)36(34)25-43(39)48-42/h4-11,14-26,46-48H,12-13H2,1-3H3. The lowest BCUT2D eigenvalue weighted by molar-refractivity contribution is 0.573. The van der Waals surface area contributed by atoms with Crippen LogP contribution in [0.5, 0.6) is 0 Å². The average Bonchev–Trinajstić information content (AvgIpc) is 3.64. The molecule has 2 N–H and O–H groups in total. The second-order valence-corrected chi connectivity index (χ2v) is 14.2. The molecule has 1 unspecified atom stereocenters. The van der Waals surface area contributed by atoms with Gasteiger partial charge in [-0.05, 0) is 151 Å². The second-order valence-electron chi connectivity index (χ2n) is 14.2. The minimum atomic E-state index is 0.0373. The van der Waals surface area contributed by atoms with Crippen molar-refractivity contribution >= 4 is 43.6 Å². The molecule has 0 saturated carbocycles. The Labute approximate surface area is 286 Å². The molecule has 0 amide bonds. The van der Waals surface area contributed by atoms with E-state index in [0.29, 0.717) is 0 Å². The summed E-state index contributed by atoms with van der Waals surface area (Å²) in [5.74, 6) is 0. The molecular weight excluding hydrogens is 595 g/mol. The fraction of sp³-hybridized carbons (Fsp3) is 0.130. The molecule has 3 heterocycles. The summed E-state index contributed by atoms with van der Waals surface area (Å²) >= 11 is 0. The maximum atomic E-state index is 3.77. The van der Waals surface area contributed by atoms with Gasteiger partial charge in [0.05, 0.1) is 11.0 Å². The number of aromatic nitrogens is 2. The average molecular weight is 632 g/mol. The Hall–Kier alpha value is -5.80. The number of dihydropyridines is 1. The SMILES string of the molecule is CC1=CC(n2c3ccc(-c4ccc(C)cc4)cc3c3cc4c(cc32)-c2cc3[nH]c5ccc(-c6ccc(C)cc6)cc5c3cc2CC4)NC=C1. The minimum absolute atomic E-state index is 0.0373. The first-order valence-electron chi connectivity index (χ1n) is 17.4. The van der Waals surface area contributed by atoms with E-state index in [-0.39, 0.29) is 6.17 Å². The summed E-state index contributed by atoms with van der Waals surface area (Å²) in [4.78, 5) is 3.77. The van der Waals surface area contributed by atoms with E-state index < -0.39 is 0 Å². The third-order valence-corrected chi connectivity index (χ3v) is 10.9. The predicted molar refractivity (Wildman–Crippen MR) is 207 cm³/mol. The smallest absolute Gasteiger partial charge is 0.123 e. The van der Waals surface area contributed by atoms with Gasteiger partial charge in [-0.1, -0.05) is 71.8 Å². The number of fused-ring (bicyclic) bond motifs is 9. The maximum absolute atomic E-state index is 3.77. The van der Waals surface area contributed by atoms with Gasteiger partial charge in [0.15, 0.2) is 0 Å². The van der Waals surface area contributed by atoms with Crippen molar-refractivity contribution in [2.24, 2.45) is 0 Å². The van der Waals surface area contributed by atoms with Crippen LogP contribution in [-0.2, 0) is 12.8 Å². The number of hydrogen-bond acceptors (Lipinski definition) is 1. The van der Waals surface area contributed by atoms with Gasteiger partial charge < -0.3 is 14.9 Å². The van der Waals surface area contributed by atoms with Gasteiger partial charge in [-0.2, -0.15) is 0 Å². The Bertz CT molecular complexity index is 2700. The molecule has 49 heavy (non-hydrogen) atoms. The molecule has 0 fully saturated rings. The summed E-state index contributed by atoms with van der Waals surface area (Å²) in [6.07, 6.45) is 8.68. The normalized spacial score (nSPS) is 15.5. The highest BCUT2D eigenvalue weighted by molar-refractivity contribution is 6.13. The van der Waals surface area contributed by atoms with E-state index in [1.165, 1.54) is 105 Å². The molecule has 0 saturated heterocycles. The number of benzene rings is 6. The van der Waals surface area contributed by atoms with Gasteiger partial charge in [0, 0.05) is 32.6 Å². The monoisotopic (exact) mass is 631 g/mol. The Morgan fingerprint density at radius 1 is 0.531 bits per heavy atom. The van der Waals surface area contributed by atoms with Crippen molar-refractivity contribution in [2.45, 2.75) is 39.8 Å². The van der Waals surface area contributed by atoms with Crippen LogP contribution in [-0.4, -0.2) is 9.55 Å². The number of nitrogens with one attached hydrogen (secondary N) is 2. The van der Waals surface area contributed by atoms with Crippen LogP contribution in [0.3, 0.4) is 0 Å². The first kappa shape index (κ1) is 28.2. The first-order chi connectivity index (χ1) is 24.0. The zero-order valence-electron chi connectivity index (χ0n) is 28.1. The number of hydrogen-bond donors (Lipinski definition) is 2. The van der Waals surface area contributed by atoms with E-state index >= 15 is 0 Å². The van der Waals surface area contributed by atoms with Crippen molar-refractivity contribution in [3.8, 4) is 33.4 Å². The van der Waals surface area contributed by atoms with Crippen LogP contribution < -0.4 is 5.32 Å². The van der Waals surface area contributed by atoms with E-state index in [1.807, 2.05) is 0 Å². The van der Waals surface area contributed by atoms with Crippen LogP contribution in [0.1, 0.15) is 35.3 Å². The molecular formula is C46H37N3. The van der Waals surface area contributed by atoms with Crippen molar-refractivity contribution in [2.75, 3.05) is 0 Å². The molecule has 2 aliphatic rings. The highest BCUT2D eigenvalue weighted by Crippen LogP contribution is 2.44. The van der Waals surface area contributed by atoms with Gasteiger partial charge in [0.25, 0.3) is 0 Å². The Balaban J connectivity index is 1.16. The lowest BCUT2D eigenvalue weighted by Crippen LogP contribution is -2.22. The molecule has 0 spiro atoms. The van der Waals surface area contributed by atoms with Crippen molar-refractivity contribution in [1.29, 1.82) is 0 Å². The van der Waals surface area contributed by atoms with E-state index in [0.717, 1.165) is 12.8 Å². The van der Waals surface area contributed by atoms with Gasteiger partial charge in [-0.15, -0.1) is 0 Å². The lowest BCUT2D eigenvalue weighted by atomic mass is 9.84. The topological polar surface area (TPSA) is 32.8 Å². The predicted octanol–water partition coefficient (Wildman–Crippen LogP) is 11.7.